The smallest absolute Gasteiger partial charge is 0.0449 e. The fourth-order valence-electron chi connectivity index (χ4n) is 1.43. The number of aryl methyl sites for hydroxylation is 1. The first-order valence-corrected chi connectivity index (χ1v) is 4.62. The normalized spacial score (nSPS) is 13.2. The molecule has 1 aromatic heterocycles. The maximum Gasteiger partial charge on any atom is 0.0449 e. The van der Waals surface area contributed by atoms with Gasteiger partial charge in [-0.1, -0.05) is 19.8 Å². The van der Waals surface area contributed by atoms with Gasteiger partial charge in [-0.3, -0.25) is 0 Å². The summed E-state index contributed by atoms with van der Waals surface area (Å²) in [6.45, 7) is 2.19. The molecule has 0 spiro atoms. The molecule has 1 aromatic rings. The summed E-state index contributed by atoms with van der Waals surface area (Å²) in [5.41, 5.74) is 7.24. The van der Waals surface area contributed by atoms with E-state index in [0.29, 0.717) is 0 Å². The van der Waals surface area contributed by atoms with Crippen molar-refractivity contribution in [2.75, 3.05) is 0 Å². The predicted octanol–water partition coefficient (Wildman–Crippen LogP) is 2.22. The quantitative estimate of drug-likeness (QED) is 0.730. The number of hydrogen-bond donors (Lipinski definition) is 1. The molecule has 68 valence electrons. The van der Waals surface area contributed by atoms with E-state index in [-0.39, 0.29) is 6.04 Å². The van der Waals surface area contributed by atoms with Gasteiger partial charge in [-0.15, -0.1) is 0 Å². The number of nitrogens with zero attached hydrogens (tertiary/aromatic N) is 1. The topological polar surface area (TPSA) is 30.9 Å². The van der Waals surface area contributed by atoms with Crippen LogP contribution < -0.4 is 5.73 Å². The van der Waals surface area contributed by atoms with Crippen molar-refractivity contribution in [3.8, 4) is 0 Å². The second-order valence-corrected chi connectivity index (χ2v) is 3.29. The van der Waals surface area contributed by atoms with Crippen LogP contribution >= 0.6 is 0 Å². The maximum absolute atomic E-state index is 6.01. The van der Waals surface area contributed by atoms with Crippen LogP contribution in [0.25, 0.3) is 0 Å². The summed E-state index contributed by atoms with van der Waals surface area (Å²) in [7, 11) is 2.04. The molecule has 0 aliphatic rings. The van der Waals surface area contributed by atoms with Gasteiger partial charge >= 0.3 is 0 Å². The molecule has 2 N–H and O–H groups in total. The van der Waals surface area contributed by atoms with E-state index in [1.807, 2.05) is 19.3 Å². The Kier molecular flexibility index (Phi) is 3.35. The van der Waals surface area contributed by atoms with Gasteiger partial charge in [0.25, 0.3) is 0 Å². The molecule has 0 aliphatic carbocycles. The number of aromatic nitrogens is 1. The highest BCUT2D eigenvalue weighted by Crippen LogP contribution is 2.15. The predicted molar refractivity (Wildman–Crippen MR) is 51.9 cm³/mol. The van der Waals surface area contributed by atoms with Gasteiger partial charge < -0.3 is 10.3 Å². The summed E-state index contributed by atoms with van der Waals surface area (Å²) in [5, 5.41) is 0. The van der Waals surface area contributed by atoms with Crippen LogP contribution in [0.1, 0.15) is 37.9 Å². The summed E-state index contributed by atoms with van der Waals surface area (Å²) in [5.74, 6) is 0. The lowest BCUT2D eigenvalue weighted by Gasteiger charge is -2.11. The van der Waals surface area contributed by atoms with Crippen LogP contribution in [0, 0.1) is 0 Å². The van der Waals surface area contributed by atoms with Gasteiger partial charge in [0.15, 0.2) is 0 Å². The van der Waals surface area contributed by atoms with Crippen molar-refractivity contribution < 1.29 is 0 Å². The molecule has 0 amide bonds. The van der Waals surface area contributed by atoms with Gasteiger partial charge in [-0.2, -0.15) is 0 Å². The molecule has 1 heterocycles. The molecule has 0 unspecified atom stereocenters. The molecule has 0 aliphatic heterocycles. The Labute approximate surface area is 74.4 Å². The van der Waals surface area contributed by atoms with Crippen LogP contribution in [0.15, 0.2) is 18.3 Å². The minimum absolute atomic E-state index is 0.213. The van der Waals surface area contributed by atoms with Gasteiger partial charge in [-0.05, 0) is 18.6 Å². The van der Waals surface area contributed by atoms with E-state index in [0.717, 1.165) is 6.42 Å². The minimum Gasteiger partial charge on any atom is -0.353 e. The van der Waals surface area contributed by atoms with Crippen molar-refractivity contribution in [2.45, 2.75) is 32.2 Å². The number of unbranched alkanes of at least 4 members (excludes halogenated alkanes) is 1. The third kappa shape index (κ3) is 2.11. The summed E-state index contributed by atoms with van der Waals surface area (Å²) in [6.07, 6.45) is 5.57. The highest BCUT2D eigenvalue weighted by atomic mass is 14.9. The van der Waals surface area contributed by atoms with Gasteiger partial charge in [0.2, 0.25) is 0 Å². The molecule has 2 nitrogen and oxygen atoms in total. The van der Waals surface area contributed by atoms with Crippen LogP contribution in [0.2, 0.25) is 0 Å². The Morgan fingerprint density at radius 2 is 2.33 bits per heavy atom. The summed E-state index contributed by atoms with van der Waals surface area (Å²) in [6, 6.07) is 4.35. The Bertz CT molecular complexity index is 227. The third-order valence-corrected chi connectivity index (χ3v) is 2.23. The standard InChI is InChI=1S/C10H18N2/c1-3-4-6-9(11)10-7-5-8-12(10)2/h5,7-9H,3-4,6,11H2,1-2H3/t9-/m1/s1. The largest absolute Gasteiger partial charge is 0.353 e. The third-order valence-electron chi connectivity index (χ3n) is 2.23. The van der Waals surface area contributed by atoms with E-state index in [9.17, 15) is 0 Å². The van der Waals surface area contributed by atoms with Gasteiger partial charge in [0, 0.05) is 25.0 Å². The fourth-order valence-corrected chi connectivity index (χ4v) is 1.43. The van der Waals surface area contributed by atoms with E-state index in [1.165, 1.54) is 18.5 Å². The Balaban J connectivity index is 2.52. The molecular weight excluding hydrogens is 148 g/mol. The second kappa shape index (κ2) is 4.31. The van der Waals surface area contributed by atoms with Crippen molar-refractivity contribution >= 4 is 0 Å². The number of rotatable bonds is 4. The van der Waals surface area contributed by atoms with Crippen molar-refractivity contribution in [3.05, 3.63) is 24.0 Å². The van der Waals surface area contributed by atoms with E-state index < -0.39 is 0 Å². The molecular formula is C10H18N2. The van der Waals surface area contributed by atoms with Gasteiger partial charge in [0.1, 0.15) is 0 Å². The van der Waals surface area contributed by atoms with Gasteiger partial charge in [-0.25, -0.2) is 0 Å². The van der Waals surface area contributed by atoms with Gasteiger partial charge in [0.05, 0.1) is 0 Å². The molecule has 12 heavy (non-hydrogen) atoms. The molecule has 2 heteroatoms. The Morgan fingerprint density at radius 1 is 1.58 bits per heavy atom. The molecule has 0 bridgehead atoms. The van der Waals surface area contributed by atoms with Crippen molar-refractivity contribution in [2.24, 2.45) is 12.8 Å². The van der Waals surface area contributed by atoms with Crippen LogP contribution in [0.3, 0.4) is 0 Å². The van der Waals surface area contributed by atoms with E-state index in [4.69, 9.17) is 5.73 Å². The molecule has 0 radical (unpaired) electrons. The summed E-state index contributed by atoms with van der Waals surface area (Å²) < 4.78 is 2.10. The maximum atomic E-state index is 6.01. The highest BCUT2D eigenvalue weighted by molar-refractivity contribution is 5.10. The lowest BCUT2D eigenvalue weighted by atomic mass is 10.1. The molecule has 1 atom stereocenters. The monoisotopic (exact) mass is 166 g/mol. The average Bonchev–Trinajstić information content (AvgIpc) is 2.47. The van der Waals surface area contributed by atoms with E-state index >= 15 is 0 Å². The first kappa shape index (κ1) is 9.33. The van der Waals surface area contributed by atoms with E-state index in [2.05, 4.69) is 17.6 Å². The van der Waals surface area contributed by atoms with Crippen LogP contribution in [0.4, 0.5) is 0 Å². The first-order chi connectivity index (χ1) is 5.75. The van der Waals surface area contributed by atoms with Crippen LogP contribution in [-0.2, 0) is 7.05 Å². The van der Waals surface area contributed by atoms with Crippen molar-refractivity contribution in [1.82, 2.24) is 4.57 Å². The molecule has 0 saturated carbocycles. The fraction of sp³-hybridized carbons (Fsp3) is 0.600. The van der Waals surface area contributed by atoms with Crippen LogP contribution in [0.5, 0.6) is 0 Å². The summed E-state index contributed by atoms with van der Waals surface area (Å²) in [4.78, 5) is 0. The van der Waals surface area contributed by atoms with Crippen molar-refractivity contribution in [3.63, 3.8) is 0 Å². The first-order valence-electron chi connectivity index (χ1n) is 4.62. The Hall–Kier alpha value is -0.760. The number of hydrogen-bond acceptors (Lipinski definition) is 1. The average molecular weight is 166 g/mol. The SMILES string of the molecule is CCCC[C@@H](N)c1cccn1C. The number of nitrogens with two attached hydrogens (primary N) is 1. The zero-order chi connectivity index (χ0) is 8.97. The zero-order valence-electron chi connectivity index (χ0n) is 7.96. The molecule has 0 aromatic carbocycles. The highest BCUT2D eigenvalue weighted by Gasteiger charge is 2.06. The van der Waals surface area contributed by atoms with Crippen molar-refractivity contribution in [1.29, 1.82) is 0 Å². The zero-order valence-corrected chi connectivity index (χ0v) is 7.96. The molecule has 0 saturated heterocycles. The summed E-state index contributed by atoms with van der Waals surface area (Å²) >= 11 is 0. The Morgan fingerprint density at radius 3 is 2.83 bits per heavy atom. The lowest BCUT2D eigenvalue weighted by Crippen LogP contribution is -2.13. The molecule has 0 fully saturated rings. The lowest BCUT2D eigenvalue weighted by molar-refractivity contribution is 0.572. The second-order valence-electron chi connectivity index (χ2n) is 3.29. The van der Waals surface area contributed by atoms with Crippen LogP contribution in [-0.4, -0.2) is 4.57 Å². The van der Waals surface area contributed by atoms with E-state index in [1.54, 1.807) is 0 Å². The molecule has 1 rings (SSSR count). The minimum atomic E-state index is 0.213.